The summed E-state index contributed by atoms with van der Waals surface area (Å²) in [6.07, 6.45) is 7.92. The van der Waals surface area contributed by atoms with Crippen molar-refractivity contribution in [3.05, 3.63) is 21.6 Å². The van der Waals surface area contributed by atoms with Crippen molar-refractivity contribution < 1.29 is 20.8 Å². The first-order valence-corrected chi connectivity index (χ1v) is 11.9. The Morgan fingerprint density at radius 1 is 0.933 bits per heavy atom. The van der Waals surface area contributed by atoms with Gasteiger partial charge in [0.2, 0.25) is 0 Å². The SMILES string of the molecule is C[N](C)[Hf]([C]1=CC=CC1)([N](C)C)[N](C)C. The molecule has 4 heteroatoms. The fraction of sp³-hybridized carbons (Fsp3) is 0.636. The molecule has 0 heterocycles. The van der Waals surface area contributed by atoms with Crippen LogP contribution in [-0.4, -0.2) is 50.9 Å². The van der Waals surface area contributed by atoms with Crippen LogP contribution in [0, 0.1) is 0 Å². The van der Waals surface area contributed by atoms with Gasteiger partial charge in [-0.2, -0.15) is 0 Å². The van der Waals surface area contributed by atoms with Crippen LogP contribution in [0.5, 0.6) is 0 Å². The van der Waals surface area contributed by atoms with Gasteiger partial charge in [0.25, 0.3) is 0 Å². The summed E-state index contributed by atoms with van der Waals surface area (Å²) in [5.41, 5.74) is 0. The van der Waals surface area contributed by atoms with Gasteiger partial charge in [-0.25, -0.2) is 0 Å². The van der Waals surface area contributed by atoms with Gasteiger partial charge in [0.05, 0.1) is 0 Å². The Morgan fingerprint density at radius 2 is 1.40 bits per heavy atom. The Hall–Kier alpha value is 0.230. The predicted octanol–water partition coefficient (Wildman–Crippen LogP) is 1.41. The zero-order valence-electron chi connectivity index (χ0n) is 10.8. The van der Waals surface area contributed by atoms with Gasteiger partial charge in [0, 0.05) is 0 Å². The van der Waals surface area contributed by atoms with E-state index in [-0.39, 0.29) is 0 Å². The molecule has 0 saturated heterocycles. The zero-order chi connectivity index (χ0) is 11.6. The molecule has 0 radical (unpaired) electrons. The first-order chi connectivity index (χ1) is 6.94. The molecule has 0 unspecified atom stereocenters. The van der Waals surface area contributed by atoms with E-state index in [2.05, 4.69) is 69.2 Å². The minimum atomic E-state index is -2.80. The van der Waals surface area contributed by atoms with Crippen molar-refractivity contribution in [2.45, 2.75) is 6.42 Å². The van der Waals surface area contributed by atoms with Gasteiger partial charge in [-0.05, 0) is 0 Å². The monoisotopic (exact) mass is 377 g/mol. The van der Waals surface area contributed by atoms with Crippen molar-refractivity contribution in [2.75, 3.05) is 42.3 Å². The second-order valence-electron chi connectivity index (χ2n) is 4.64. The van der Waals surface area contributed by atoms with Crippen molar-refractivity contribution >= 4 is 0 Å². The molecule has 0 aromatic rings. The Kier molecular flexibility index (Phi) is 4.47. The van der Waals surface area contributed by atoms with Crippen LogP contribution < -0.4 is 0 Å². The van der Waals surface area contributed by atoms with E-state index in [1.54, 1.807) is 3.33 Å². The number of hydrogen-bond donors (Lipinski definition) is 0. The van der Waals surface area contributed by atoms with E-state index in [0.29, 0.717) is 0 Å². The average Bonchev–Trinajstić information content (AvgIpc) is 2.55. The van der Waals surface area contributed by atoms with Gasteiger partial charge < -0.3 is 0 Å². The van der Waals surface area contributed by atoms with Crippen LogP contribution in [0.3, 0.4) is 0 Å². The molecule has 0 spiro atoms. The van der Waals surface area contributed by atoms with Crippen LogP contribution in [0.4, 0.5) is 0 Å². The molecule has 0 saturated carbocycles. The van der Waals surface area contributed by atoms with Crippen LogP contribution in [0.15, 0.2) is 21.6 Å². The maximum atomic E-state index is 2.48. The third-order valence-electron chi connectivity index (χ3n) is 3.07. The van der Waals surface area contributed by atoms with Gasteiger partial charge in [-0.15, -0.1) is 0 Å². The third kappa shape index (κ3) is 2.18. The molecular weight excluding hydrogens is 353 g/mol. The number of hydrogen-bond acceptors (Lipinski definition) is 3. The molecule has 1 rings (SSSR count). The van der Waals surface area contributed by atoms with E-state index in [1.165, 1.54) is 0 Å². The Balaban J connectivity index is 3.14. The zero-order valence-corrected chi connectivity index (χ0v) is 14.4. The first kappa shape index (κ1) is 13.3. The van der Waals surface area contributed by atoms with Crippen molar-refractivity contribution in [3.63, 3.8) is 0 Å². The summed E-state index contributed by atoms with van der Waals surface area (Å²) in [5.74, 6) is 0. The summed E-state index contributed by atoms with van der Waals surface area (Å²) in [4.78, 5) is 0. The third-order valence-corrected chi connectivity index (χ3v) is 20.9. The number of allylic oxidation sites excluding steroid dienone is 4. The fourth-order valence-corrected chi connectivity index (χ4v) is 20.1. The first-order valence-electron chi connectivity index (χ1n) is 5.32. The molecule has 0 aromatic carbocycles. The Labute approximate surface area is 99.5 Å². The Bertz CT molecular complexity index is 258. The normalized spacial score (nSPS) is 17.0. The van der Waals surface area contributed by atoms with Gasteiger partial charge in [0.1, 0.15) is 0 Å². The van der Waals surface area contributed by atoms with E-state index in [1.807, 2.05) is 0 Å². The molecule has 0 N–H and O–H groups in total. The van der Waals surface area contributed by atoms with E-state index < -0.39 is 20.8 Å². The molecule has 0 fully saturated rings. The maximum absolute atomic E-state index is 2.80. The minimum absolute atomic E-state index is 1.14. The topological polar surface area (TPSA) is 9.72 Å². The number of rotatable bonds is 4. The summed E-state index contributed by atoms with van der Waals surface area (Å²) in [6.45, 7) is 0. The van der Waals surface area contributed by atoms with Crippen LogP contribution in [0.25, 0.3) is 0 Å². The second kappa shape index (κ2) is 5.04. The predicted molar refractivity (Wildman–Crippen MR) is 62.9 cm³/mol. The van der Waals surface area contributed by atoms with Crippen molar-refractivity contribution in [1.29, 1.82) is 0 Å². The summed E-state index contributed by atoms with van der Waals surface area (Å²) in [6, 6.07) is 0. The van der Waals surface area contributed by atoms with Crippen molar-refractivity contribution in [3.8, 4) is 0 Å². The van der Waals surface area contributed by atoms with Crippen molar-refractivity contribution in [2.24, 2.45) is 0 Å². The van der Waals surface area contributed by atoms with E-state index in [9.17, 15) is 0 Å². The molecule has 15 heavy (non-hydrogen) atoms. The van der Waals surface area contributed by atoms with E-state index in [4.69, 9.17) is 0 Å². The molecule has 0 aliphatic heterocycles. The molecular formula is C11H23HfN3. The average molecular weight is 376 g/mol. The van der Waals surface area contributed by atoms with Gasteiger partial charge >= 0.3 is 99.8 Å². The summed E-state index contributed by atoms with van der Waals surface area (Å²) in [5, 5.41) is 0. The molecule has 0 bridgehead atoms. The standard InChI is InChI=1S/C5H5.3C2H6N.Hf/c1-2-4-5-3-1;3*1-3-2;/h1-3H,4H2;3*1-2H3;/q;3*-1;+3. The number of nitrogens with zero attached hydrogens (tertiary/aromatic N) is 3. The molecule has 1 aliphatic rings. The summed E-state index contributed by atoms with van der Waals surface area (Å²) >= 11 is -2.80. The van der Waals surface area contributed by atoms with Crippen LogP contribution >= 0.6 is 0 Å². The van der Waals surface area contributed by atoms with Crippen LogP contribution in [-0.2, 0) is 20.8 Å². The molecule has 86 valence electrons. The van der Waals surface area contributed by atoms with Crippen LogP contribution in [0.1, 0.15) is 6.42 Å². The molecule has 1 aliphatic carbocycles. The van der Waals surface area contributed by atoms with Gasteiger partial charge in [-0.3, -0.25) is 0 Å². The summed E-state index contributed by atoms with van der Waals surface area (Å²) < 4.78 is 9.08. The van der Waals surface area contributed by atoms with Gasteiger partial charge in [-0.1, -0.05) is 0 Å². The fourth-order valence-electron chi connectivity index (χ4n) is 2.76. The van der Waals surface area contributed by atoms with Crippen LogP contribution in [0.2, 0.25) is 0 Å². The summed E-state index contributed by atoms with van der Waals surface area (Å²) in [7, 11) is 13.3. The van der Waals surface area contributed by atoms with Gasteiger partial charge in [0.15, 0.2) is 0 Å². The van der Waals surface area contributed by atoms with E-state index >= 15 is 0 Å². The molecule has 0 aromatic heterocycles. The molecule has 0 amide bonds. The van der Waals surface area contributed by atoms with Crippen molar-refractivity contribution in [1.82, 2.24) is 8.66 Å². The quantitative estimate of drug-likeness (QED) is 0.688. The second-order valence-corrected chi connectivity index (χ2v) is 21.2. The molecule has 0 atom stereocenters. The van der Waals surface area contributed by atoms with E-state index in [0.717, 1.165) is 6.42 Å². The Morgan fingerprint density at radius 3 is 1.67 bits per heavy atom. The molecule has 3 nitrogen and oxygen atoms in total.